The first-order valence-corrected chi connectivity index (χ1v) is 11.2. The van der Waals surface area contributed by atoms with E-state index in [1.54, 1.807) is 24.3 Å². The second kappa shape index (κ2) is 9.46. The molecule has 5 nitrogen and oxygen atoms in total. The Bertz CT molecular complexity index is 845. The number of amides is 2. The smallest absolute Gasteiger partial charge is 0.261 e. The Labute approximate surface area is 176 Å². The first-order chi connectivity index (χ1) is 14.2. The van der Waals surface area contributed by atoms with Gasteiger partial charge >= 0.3 is 0 Å². The molecule has 0 aliphatic carbocycles. The molecule has 2 aliphatic heterocycles. The monoisotopic (exact) mass is 410 g/mol. The second-order valence-corrected chi connectivity index (χ2v) is 8.45. The van der Waals surface area contributed by atoms with Gasteiger partial charge in [-0.2, -0.15) is 0 Å². The Hall–Kier alpha value is -2.31. The number of hydrogen-bond acceptors (Lipinski definition) is 5. The number of imide groups is 1. The molecule has 0 spiro atoms. The van der Waals surface area contributed by atoms with Crippen LogP contribution >= 0.6 is 11.8 Å². The third-order valence-electron chi connectivity index (χ3n) is 5.34. The van der Waals surface area contributed by atoms with E-state index in [2.05, 4.69) is 17.0 Å². The molecular weight excluding hydrogens is 384 g/mol. The number of thioether (sulfide) groups is 1. The lowest BCUT2D eigenvalue weighted by Gasteiger charge is -2.25. The van der Waals surface area contributed by atoms with E-state index >= 15 is 0 Å². The number of fused-ring (bicyclic) bond motifs is 1. The summed E-state index contributed by atoms with van der Waals surface area (Å²) in [5.74, 6) is 1.43. The van der Waals surface area contributed by atoms with Crippen LogP contribution in [0.5, 0.6) is 5.75 Å². The van der Waals surface area contributed by atoms with Gasteiger partial charge in [0.15, 0.2) is 0 Å². The first-order valence-electron chi connectivity index (χ1n) is 10.3. The Kier molecular flexibility index (Phi) is 6.52. The van der Waals surface area contributed by atoms with Crippen molar-refractivity contribution >= 4 is 23.6 Å². The maximum atomic E-state index is 12.4. The van der Waals surface area contributed by atoms with Crippen molar-refractivity contribution in [1.82, 2.24) is 9.80 Å². The molecule has 0 bridgehead atoms. The molecule has 0 unspecified atom stereocenters. The number of carbonyl (C=O) groups excluding carboxylic acids is 2. The van der Waals surface area contributed by atoms with Crippen LogP contribution in [0.25, 0.3) is 0 Å². The van der Waals surface area contributed by atoms with Gasteiger partial charge in [-0.25, -0.2) is 0 Å². The maximum Gasteiger partial charge on any atom is 0.261 e. The summed E-state index contributed by atoms with van der Waals surface area (Å²) in [7, 11) is 0. The number of benzene rings is 2. The van der Waals surface area contributed by atoms with Crippen LogP contribution in [0.2, 0.25) is 0 Å². The van der Waals surface area contributed by atoms with Gasteiger partial charge in [0.05, 0.1) is 17.7 Å². The third kappa shape index (κ3) is 4.82. The normalized spacial score (nSPS) is 16.9. The zero-order valence-electron chi connectivity index (χ0n) is 16.5. The quantitative estimate of drug-likeness (QED) is 0.369. The maximum absolute atomic E-state index is 12.4. The van der Waals surface area contributed by atoms with Crippen LogP contribution in [0.15, 0.2) is 53.4 Å². The van der Waals surface area contributed by atoms with Gasteiger partial charge in [0, 0.05) is 17.3 Å². The number of ether oxygens (including phenoxy) is 1. The summed E-state index contributed by atoms with van der Waals surface area (Å²) in [4.78, 5) is 29.8. The minimum atomic E-state index is -0.207. The average Bonchev–Trinajstić information content (AvgIpc) is 3.01. The molecule has 152 valence electrons. The third-order valence-corrected chi connectivity index (χ3v) is 6.42. The van der Waals surface area contributed by atoms with Crippen LogP contribution in [0.1, 0.15) is 46.4 Å². The SMILES string of the molecule is O=C1c2ccccc2C(=O)N1CCCOc1cccc(SCN2CCCCC2)c1. The van der Waals surface area contributed by atoms with Crippen LogP contribution in [0.4, 0.5) is 0 Å². The summed E-state index contributed by atoms with van der Waals surface area (Å²) in [6.07, 6.45) is 4.56. The van der Waals surface area contributed by atoms with Crippen molar-refractivity contribution in [3.63, 3.8) is 0 Å². The molecule has 0 N–H and O–H groups in total. The standard InChI is InChI=1S/C23H26N2O3S/c26-22-20-10-2-3-11-21(20)23(27)25(22)14-7-15-28-18-8-6-9-19(16-18)29-17-24-12-4-1-5-13-24/h2-3,6,8-11,16H,1,4-5,7,12-15,17H2. The largest absolute Gasteiger partial charge is 0.493 e. The lowest BCUT2D eigenvalue weighted by Crippen LogP contribution is -2.31. The summed E-state index contributed by atoms with van der Waals surface area (Å²) < 4.78 is 5.87. The molecule has 2 aromatic rings. The van der Waals surface area contributed by atoms with Gasteiger partial charge in [-0.3, -0.25) is 19.4 Å². The van der Waals surface area contributed by atoms with E-state index in [-0.39, 0.29) is 11.8 Å². The molecule has 6 heteroatoms. The molecule has 1 saturated heterocycles. The minimum Gasteiger partial charge on any atom is -0.493 e. The van der Waals surface area contributed by atoms with E-state index in [9.17, 15) is 9.59 Å². The molecule has 2 heterocycles. The van der Waals surface area contributed by atoms with Crippen molar-refractivity contribution < 1.29 is 14.3 Å². The van der Waals surface area contributed by atoms with E-state index in [0.29, 0.717) is 30.7 Å². The fourth-order valence-corrected chi connectivity index (χ4v) is 4.73. The molecule has 2 amide bonds. The topological polar surface area (TPSA) is 49.9 Å². The van der Waals surface area contributed by atoms with Crippen molar-refractivity contribution in [2.24, 2.45) is 0 Å². The highest BCUT2D eigenvalue weighted by atomic mass is 32.2. The number of nitrogens with zero attached hydrogens (tertiary/aromatic N) is 2. The molecular formula is C23H26N2O3S. The van der Waals surface area contributed by atoms with Crippen LogP contribution in [0.3, 0.4) is 0 Å². The van der Waals surface area contributed by atoms with E-state index < -0.39 is 0 Å². The first kappa shape index (κ1) is 20.0. The van der Waals surface area contributed by atoms with Crippen molar-refractivity contribution in [2.45, 2.75) is 30.6 Å². The predicted molar refractivity (Wildman–Crippen MR) is 115 cm³/mol. The van der Waals surface area contributed by atoms with Gasteiger partial charge in [-0.1, -0.05) is 24.6 Å². The molecule has 29 heavy (non-hydrogen) atoms. The van der Waals surface area contributed by atoms with Crippen molar-refractivity contribution in [1.29, 1.82) is 0 Å². The summed E-state index contributed by atoms with van der Waals surface area (Å²) in [6.45, 7) is 3.23. The summed E-state index contributed by atoms with van der Waals surface area (Å²) in [5.41, 5.74) is 0.994. The Morgan fingerprint density at radius 1 is 0.897 bits per heavy atom. The van der Waals surface area contributed by atoms with E-state index in [4.69, 9.17) is 4.74 Å². The number of rotatable bonds is 8. The number of piperidine rings is 1. The summed E-state index contributed by atoms with van der Waals surface area (Å²) in [6, 6.07) is 15.1. The van der Waals surface area contributed by atoms with Crippen LogP contribution < -0.4 is 4.74 Å². The lowest BCUT2D eigenvalue weighted by molar-refractivity contribution is 0.0646. The fourth-order valence-electron chi connectivity index (χ4n) is 3.76. The van der Waals surface area contributed by atoms with Crippen molar-refractivity contribution in [3.8, 4) is 5.75 Å². The van der Waals surface area contributed by atoms with E-state index in [0.717, 1.165) is 11.6 Å². The Morgan fingerprint density at radius 3 is 2.34 bits per heavy atom. The lowest BCUT2D eigenvalue weighted by atomic mass is 10.1. The molecule has 2 aliphatic rings. The van der Waals surface area contributed by atoms with Gasteiger partial charge < -0.3 is 4.74 Å². The van der Waals surface area contributed by atoms with Crippen LogP contribution in [-0.4, -0.2) is 53.7 Å². The molecule has 0 saturated carbocycles. The zero-order chi connectivity index (χ0) is 20.1. The van der Waals surface area contributed by atoms with Gasteiger partial charge in [0.25, 0.3) is 11.8 Å². The van der Waals surface area contributed by atoms with Crippen LogP contribution in [-0.2, 0) is 0 Å². The highest BCUT2D eigenvalue weighted by molar-refractivity contribution is 7.99. The van der Waals surface area contributed by atoms with E-state index in [1.807, 2.05) is 23.9 Å². The molecule has 0 radical (unpaired) electrons. The Balaban J connectivity index is 1.23. The van der Waals surface area contributed by atoms with Crippen molar-refractivity contribution in [3.05, 3.63) is 59.7 Å². The molecule has 4 rings (SSSR count). The summed E-state index contributed by atoms with van der Waals surface area (Å²) in [5, 5.41) is 0. The molecule has 1 fully saturated rings. The van der Waals surface area contributed by atoms with Gasteiger partial charge in [-0.15, -0.1) is 11.8 Å². The highest BCUT2D eigenvalue weighted by Gasteiger charge is 2.34. The summed E-state index contributed by atoms with van der Waals surface area (Å²) >= 11 is 1.84. The van der Waals surface area contributed by atoms with Crippen molar-refractivity contribution in [2.75, 3.05) is 32.1 Å². The molecule has 2 aromatic carbocycles. The molecule has 0 atom stereocenters. The minimum absolute atomic E-state index is 0.207. The number of carbonyl (C=O) groups is 2. The average molecular weight is 411 g/mol. The zero-order valence-corrected chi connectivity index (χ0v) is 17.3. The number of likely N-dealkylation sites (tertiary alicyclic amines) is 1. The van der Waals surface area contributed by atoms with E-state index in [1.165, 1.54) is 42.1 Å². The van der Waals surface area contributed by atoms with Gasteiger partial charge in [-0.05, 0) is 62.7 Å². The van der Waals surface area contributed by atoms with Crippen LogP contribution in [0, 0.1) is 0 Å². The fraction of sp³-hybridized carbons (Fsp3) is 0.391. The van der Waals surface area contributed by atoms with Gasteiger partial charge in [0.1, 0.15) is 5.75 Å². The van der Waals surface area contributed by atoms with Gasteiger partial charge in [0.2, 0.25) is 0 Å². The number of hydrogen-bond donors (Lipinski definition) is 0. The predicted octanol–water partition coefficient (Wildman–Crippen LogP) is 4.29. The second-order valence-electron chi connectivity index (χ2n) is 7.44. The molecule has 0 aromatic heterocycles. The Morgan fingerprint density at radius 2 is 1.62 bits per heavy atom. The highest BCUT2D eigenvalue weighted by Crippen LogP contribution is 2.25.